The summed E-state index contributed by atoms with van der Waals surface area (Å²) in [6, 6.07) is 45.5. The number of hydrogen-bond donors (Lipinski definition) is 0. The fourth-order valence-electron chi connectivity index (χ4n) is 5.77. The van der Waals surface area contributed by atoms with Crippen molar-refractivity contribution in [3.63, 3.8) is 0 Å². The number of benzene rings is 4. The maximum absolute atomic E-state index is 13.9. The van der Waals surface area contributed by atoms with E-state index in [2.05, 4.69) is 0 Å². The molecule has 4 aromatic carbocycles. The molecule has 0 saturated carbocycles. The average molecular weight is 573 g/mol. The van der Waals surface area contributed by atoms with Gasteiger partial charge in [-0.1, -0.05) is 72.8 Å². The lowest BCUT2D eigenvalue weighted by Crippen LogP contribution is -2.23. The molecule has 210 valence electrons. The number of fused-ring (bicyclic) bond motifs is 2. The van der Waals surface area contributed by atoms with Gasteiger partial charge < -0.3 is 0 Å². The van der Waals surface area contributed by atoms with Gasteiger partial charge in [0.25, 0.3) is 0 Å². The third-order valence-corrected chi connectivity index (χ3v) is 7.71. The highest BCUT2D eigenvalue weighted by molar-refractivity contribution is 5.81. The van der Waals surface area contributed by atoms with Gasteiger partial charge in [-0.3, -0.25) is 9.13 Å². The smallest absolute Gasteiger partial charge is 0.260 e. The Hall–Kier alpha value is -6.28. The quantitative estimate of drug-likeness (QED) is 0.241. The Labute approximate surface area is 251 Å². The SMILES string of the molecule is O=c1n(-c2ccccc2)c2ccccc2n1-c1cccc(-c2cccc(-n3c(=O)n(-c4ccccc4)c4ccccc43)n2)n1. The molecular formula is C36H24N6O2. The predicted octanol–water partition coefficient (Wildman–Crippen LogP) is 6.33. The molecule has 8 aromatic rings. The van der Waals surface area contributed by atoms with E-state index in [1.807, 2.05) is 146 Å². The Morgan fingerprint density at radius 2 is 0.682 bits per heavy atom. The van der Waals surface area contributed by atoms with Crippen LogP contribution in [-0.4, -0.2) is 28.2 Å². The first-order valence-electron chi connectivity index (χ1n) is 14.2. The number of pyridine rings is 2. The Morgan fingerprint density at radius 3 is 1.07 bits per heavy atom. The molecule has 0 aliphatic heterocycles. The van der Waals surface area contributed by atoms with Crippen molar-refractivity contribution in [2.24, 2.45) is 0 Å². The third kappa shape index (κ3) is 4.00. The Balaban J connectivity index is 1.27. The van der Waals surface area contributed by atoms with Gasteiger partial charge in [0, 0.05) is 0 Å². The second-order valence-corrected chi connectivity index (χ2v) is 10.3. The van der Waals surface area contributed by atoms with Gasteiger partial charge in [-0.15, -0.1) is 0 Å². The number of hydrogen-bond acceptors (Lipinski definition) is 4. The highest BCUT2D eigenvalue weighted by Crippen LogP contribution is 2.24. The molecule has 0 bridgehead atoms. The first kappa shape index (κ1) is 25.4. The summed E-state index contributed by atoms with van der Waals surface area (Å²) in [5, 5.41) is 0. The molecule has 0 radical (unpaired) electrons. The molecule has 0 N–H and O–H groups in total. The normalized spacial score (nSPS) is 11.4. The van der Waals surface area contributed by atoms with Crippen LogP contribution < -0.4 is 11.4 Å². The molecule has 4 heterocycles. The fraction of sp³-hybridized carbons (Fsp3) is 0. The number of imidazole rings is 2. The topological polar surface area (TPSA) is 79.6 Å². The van der Waals surface area contributed by atoms with Gasteiger partial charge in [-0.25, -0.2) is 28.7 Å². The van der Waals surface area contributed by atoms with Crippen LogP contribution in [0.1, 0.15) is 0 Å². The van der Waals surface area contributed by atoms with Crippen LogP contribution >= 0.6 is 0 Å². The van der Waals surface area contributed by atoms with Crippen molar-refractivity contribution >= 4 is 22.1 Å². The molecule has 8 rings (SSSR count). The van der Waals surface area contributed by atoms with E-state index in [1.54, 1.807) is 18.3 Å². The summed E-state index contributed by atoms with van der Waals surface area (Å²) in [6.45, 7) is 0. The Morgan fingerprint density at radius 1 is 0.341 bits per heavy atom. The molecular weight excluding hydrogens is 548 g/mol. The van der Waals surface area contributed by atoms with Crippen molar-refractivity contribution < 1.29 is 0 Å². The van der Waals surface area contributed by atoms with Crippen LogP contribution in [0.2, 0.25) is 0 Å². The fourth-order valence-corrected chi connectivity index (χ4v) is 5.77. The first-order valence-corrected chi connectivity index (χ1v) is 14.2. The zero-order valence-corrected chi connectivity index (χ0v) is 23.4. The first-order chi connectivity index (χ1) is 21.7. The molecule has 0 aliphatic carbocycles. The van der Waals surface area contributed by atoms with E-state index >= 15 is 0 Å². The van der Waals surface area contributed by atoms with Gasteiger partial charge in [0.05, 0.1) is 44.8 Å². The van der Waals surface area contributed by atoms with E-state index in [-0.39, 0.29) is 11.4 Å². The predicted molar refractivity (Wildman–Crippen MR) is 172 cm³/mol. The van der Waals surface area contributed by atoms with Gasteiger partial charge in [0.1, 0.15) is 11.6 Å². The minimum atomic E-state index is -0.218. The van der Waals surface area contributed by atoms with Crippen LogP contribution in [0.4, 0.5) is 0 Å². The van der Waals surface area contributed by atoms with Gasteiger partial charge in [-0.05, 0) is 72.8 Å². The molecule has 4 aromatic heterocycles. The summed E-state index contributed by atoms with van der Waals surface area (Å²) >= 11 is 0. The van der Waals surface area contributed by atoms with Gasteiger partial charge in [0.15, 0.2) is 0 Å². The summed E-state index contributed by atoms with van der Waals surface area (Å²) in [5.74, 6) is 0.951. The van der Waals surface area contributed by atoms with Crippen molar-refractivity contribution in [1.29, 1.82) is 0 Å². The van der Waals surface area contributed by atoms with Crippen molar-refractivity contribution in [2.75, 3.05) is 0 Å². The standard InChI is InChI=1S/C36H24N6O2/c43-35-39(25-13-3-1-4-14-25)29-19-7-9-21-31(29)41(35)33-23-11-17-27(37-33)28-18-12-24-34(38-28)42-32-22-10-8-20-30(32)40(36(42)44)26-15-5-2-6-16-26/h1-24H. The van der Waals surface area contributed by atoms with Crippen LogP contribution in [-0.2, 0) is 0 Å². The van der Waals surface area contributed by atoms with Crippen molar-refractivity contribution in [3.05, 3.63) is 167 Å². The monoisotopic (exact) mass is 572 g/mol. The summed E-state index contributed by atoms with van der Waals surface area (Å²) in [4.78, 5) is 37.6. The van der Waals surface area contributed by atoms with Crippen LogP contribution in [0, 0.1) is 0 Å². The summed E-state index contributed by atoms with van der Waals surface area (Å²) in [6.07, 6.45) is 0. The minimum absolute atomic E-state index is 0.218. The molecule has 8 nitrogen and oxygen atoms in total. The second kappa shape index (κ2) is 10.2. The lowest BCUT2D eigenvalue weighted by atomic mass is 10.2. The maximum Gasteiger partial charge on any atom is 0.339 e. The molecule has 0 spiro atoms. The number of para-hydroxylation sites is 6. The second-order valence-electron chi connectivity index (χ2n) is 10.3. The molecule has 0 amide bonds. The van der Waals surface area contributed by atoms with Gasteiger partial charge in [-0.2, -0.15) is 0 Å². The van der Waals surface area contributed by atoms with Crippen molar-refractivity contribution in [2.45, 2.75) is 0 Å². The van der Waals surface area contributed by atoms with E-state index in [4.69, 9.17) is 9.97 Å². The van der Waals surface area contributed by atoms with E-state index in [1.165, 1.54) is 0 Å². The number of aromatic nitrogens is 6. The largest absolute Gasteiger partial charge is 0.339 e. The lowest BCUT2D eigenvalue weighted by Gasteiger charge is -2.08. The van der Waals surface area contributed by atoms with E-state index in [0.717, 1.165) is 33.4 Å². The van der Waals surface area contributed by atoms with Crippen LogP contribution in [0.3, 0.4) is 0 Å². The maximum atomic E-state index is 13.9. The number of nitrogens with zero attached hydrogens (tertiary/aromatic N) is 6. The molecule has 0 atom stereocenters. The summed E-state index contributed by atoms with van der Waals surface area (Å²) < 4.78 is 6.62. The molecule has 0 saturated heterocycles. The third-order valence-electron chi connectivity index (χ3n) is 7.71. The van der Waals surface area contributed by atoms with E-state index < -0.39 is 0 Å². The summed E-state index contributed by atoms with van der Waals surface area (Å²) in [7, 11) is 0. The van der Waals surface area contributed by atoms with Gasteiger partial charge >= 0.3 is 11.4 Å². The van der Waals surface area contributed by atoms with Crippen LogP contribution in [0.5, 0.6) is 0 Å². The Bertz CT molecular complexity index is 2260. The van der Waals surface area contributed by atoms with Crippen molar-refractivity contribution in [1.82, 2.24) is 28.2 Å². The zero-order valence-electron chi connectivity index (χ0n) is 23.4. The zero-order chi connectivity index (χ0) is 29.6. The molecule has 0 fully saturated rings. The number of rotatable bonds is 5. The van der Waals surface area contributed by atoms with Crippen molar-refractivity contribution in [3.8, 4) is 34.4 Å². The molecule has 0 unspecified atom stereocenters. The lowest BCUT2D eigenvalue weighted by molar-refractivity contribution is 0.899. The Kier molecular flexibility index (Phi) is 5.90. The molecule has 0 aliphatic rings. The molecule has 8 heteroatoms. The minimum Gasteiger partial charge on any atom is -0.260 e. The van der Waals surface area contributed by atoms with Crippen LogP contribution in [0.25, 0.3) is 56.5 Å². The highest BCUT2D eigenvalue weighted by atomic mass is 16.2. The van der Waals surface area contributed by atoms with Gasteiger partial charge in [0.2, 0.25) is 0 Å². The van der Waals surface area contributed by atoms with E-state index in [0.29, 0.717) is 23.0 Å². The highest BCUT2D eigenvalue weighted by Gasteiger charge is 2.19. The van der Waals surface area contributed by atoms with Crippen LogP contribution in [0.15, 0.2) is 155 Å². The van der Waals surface area contributed by atoms with E-state index in [9.17, 15) is 9.59 Å². The average Bonchev–Trinajstić information content (AvgIpc) is 3.55. The molecule has 44 heavy (non-hydrogen) atoms. The summed E-state index contributed by atoms with van der Waals surface area (Å²) in [5.41, 5.74) is 5.32.